The highest BCUT2D eigenvalue weighted by atomic mass is 16.6. The monoisotopic (exact) mass is 567 g/mol. The molecule has 0 spiro atoms. The predicted octanol–water partition coefficient (Wildman–Crippen LogP) is 5.33. The highest BCUT2D eigenvalue weighted by molar-refractivity contribution is 5.91. The number of carbonyl (C=O) groups is 3. The van der Waals surface area contributed by atoms with Gasteiger partial charge in [0.2, 0.25) is 11.8 Å². The Balaban J connectivity index is 1.63. The average molecular weight is 568 g/mol. The molecule has 0 saturated carbocycles. The molecule has 0 radical (unpaired) electrons. The summed E-state index contributed by atoms with van der Waals surface area (Å²) in [7, 11) is 0. The number of ether oxygens (including phenoxy) is 1. The maximum atomic E-state index is 13.9. The predicted molar refractivity (Wildman–Crippen MR) is 161 cm³/mol. The van der Waals surface area contributed by atoms with Crippen LogP contribution in [0.15, 0.2) is 114 Å². The molecule has 218 valence electrons. The lowest BCUT2D eigenvalue weighted by Crippen LogP contribution is -2.53. The molecule has 1 heterocycles. The molecule has 4 aromatic rings. The smallest absolute Gasteiger partial charge is 0.408 e. The van der Waals surface area contributed by atoms with Gasteiger partial charge in [0.1, 0.15) is 22.9 Å². The van der Waals surface area contributed by atoms with E-state index in [1.807, 2.05) is 97.1 Å². The van der Waals surface area contributed by atoms with Gasteiger partial charge >= 0.3 is 6.09 Å². The van der Waals surface area contributed by atoms with Crippen molar-refractivity contribution in [2.75, 3.05) is 6.54 Å². The molecule has 0 fully saturated rings. The van der Waals surface area contributed by atoms with Crippen molar-refractivity contribution in [3.63, 3.8) is 0 Å². The second-order valence-electron chi connectivity index (χ2n) is 10.9. The number of carbonyl (C=O) groups excluding carboxylic acids is 3. The fourth-order valence-corrected chi connectivity index (χ4v) is 4.77. The molecular weight excluding hydrogens is 530 g/mol. The van der Waals surface area contributed by atoms with E-state index < -0.39 is 35.1 Å². The number of benzene rings is 3. The summed E-state index contributed by atoms with van der Waals surface area (Å²) in [5.74, 6) is -0.232. The van der Waals surface area contributed by atoms with E-state index in [0.29, 0.717) is 12.2 Å². The summed E-state index contributed by atoms with van der Waals surface area (Å²) in [4.78, 5) is 39.9. The van der Waals surface area contributed by atoms with Crippen LogP contribution in [0.4, 0.5) is 4.79 Å². The van der Waals surface area contributed by atoms with Gasteiger partial charge in [-0.3, -0.25) is 9.59 Å². The number of hydrogen-bond acceptors (Lipinski definition) is 5. The van der Waals surface area contributed by atoms with Crippen molar-refractivity contribution in [3.8, 4) is 0 Å². The van der Waals surface area contributed by atoms with Gasteiger partial charge in [-0.05, 0) is 49.6 Å². The van der Waals surface area contributed by atoms with Gasteiger partial charge in [0.05, 0.1) is 12.7 Å². The van der Waals surface area contributed by atoms with Crippen molar-refractivity contribution >= 4 is 17.9 Å². The van der Waals surface area contributed by atoms with Crippen LogP contribution in [0, 0.1) is 0 Å². The second-order valence-corrected chi connectivity index (χ2v) is 10.9. The first-order valence-corrected chi connectivity index (χ1v) is 13.9. The zero-order chi connectivity index (χ0) is 30.0. The van der Waals surface area contributed by atoms with E-state index in [1.54, 1.807) is 33.1 Å². The molecule has 0 aliphatic carbocycles. The molecular formula is C34H37N3O5. The number of hydrogen-bond donors (Lipinski definition) is 3. The zero-order valence-corrected chi connectivity index (χ0v) is 24.1. The standard InChI is InChI=1S/C34H37N3O5/c1-33(2,3)42-32(40)36-29(31(39)35-22-21-28-20-13-23-41-28)24-30(38)37-34(25-14-7-4-8-15-25,26-16-9-5-10-17-26)27-18-11-6-12-19-27/h4-20,23,29H,21-22,24H2,1-3H3,(H,35,39)(H,36,40)(H,37,38)/t29-/m1/s1. The van der Waals surface area contributed by atoms with Gasteiger partial charge in [-0.1, -0.05) is 91.0 Å². The van der Waals surface area contributed by atoms with E-state index in [1.165, 1.54) is 0 Å². The van der Waals surface area contributed by atoms with Crippen molar-refractivity contribution in [3.05, 3.63) is 132 Å². The molecule has 1 aromatic heterocycles. The minimum Gasteiger partial charge on any atom is -0.469 e. The quantitative estimate of drug-likeness (QED) is 0.212. The molecule has 3 aromatic carbocycles. The molecule has 0 unspecified atom stereocenters. The van der Waals surface area contributed by atoms with Gasteiger partial charge in [-0.25, -0.2) is 4.79 Å². The SMILES string of the molecule is CC(C)(C)OC(=O)N[C@H](CC(=O)NC(c1ccccc1)(c1ccccc1)c1ccccc1)C(=O)NCCc1ccco1. The topological polar surface area (TPSA) is 110 Å². The van der Waals surface area contributed by atoms with Crippen LogP contribution in [0.5, 0.6) is 0 Å². The molecule has 8 nitrogen and oxygen atoms in total. The number of furan rings is 1. The Labute approximate surface area is 246 Å². The number of amides is 3. The van der Waals surface area contributed by atoms with Crippen molar-refractivity contribution in [1.29, 1.82) is 0 Å². The fourth-order valence-electron chi connectivity index (χ4n) is 4.77. The molecule has 0 aliphatic heterocycles. The van der Waals surface area contributed by atoms with Gasteiger partial charge in [0, 0.05) is 13.0 Å². The first-order chi connectivity index (χ1) is 20.2. The van der Waals surface area contributed by atoms with Crippen molar-refractivity contribution < 1.29 is 23.5 Å². The third kappa shape index (κ3) is 7.87. The minimum atomic E-state index is -1.18. The second kappa shape index (κ2) is 13.7. The van der Waals surface area contributed by atoms with Crippen LogP contribution in [-0.2, 0) is 26.3 Å². The van der Waals surface area contributed by atoms with Crippen LogP contribution in [0.3, 0.4) is 0 Å². The fraction of sp³-hybridized carbons (Fsp3) is 0.265. The van der Waals surface area contributed by atoms with Crippen molar-refractivity contribution in [2.24, 2.45) is 0 Å². The summed E-state index contributed by atoms with van der Waals surface area (Å²) in [5.41, 5.74) is 0.684. The summed E-state index contributed by atoms with van der Waals surface area (Å²) >= 11 is 0. The highest BCUT2D eigenvalue weighted by Gasteiger charge is 2.39. The van der Waals surface area contributed by atoms with Crippen LogP contribution < -0.4 is 16.0 Å². The average Bonchev–Trinajstić information content (AvgIpc) is 3.49. The zero-order valence-electron chi connectivity index (χ0n) is 24.1. The first-order valence-electron chi connectivity index (χ1n) is 13.9. The molecule has 3 N–H and O–H groups in total. The maximum absolute atomic E-state index is 13.9. The normalized spacial score (nSPS) is 12.2. The Bertz CT molecular complexity index is 1340. The third-order valence-corrected chi connectivity index (χ3v) is 6.60. The highest BCUT2D eigenvalue weighted by Crippen LogP contribution is 2.36. The van der Waals surface area contributed by atoms with E-state index in [-0.39, 0.29) is 13.0 Å². The Hall–Kier alpha value is -4.85. The van der Waals surface area contributed by atoms with Gasteiger partial charge in [0.15, 0.2) is 0 Å². The van der Waals surface area contributed by atoms with Gasteiger partial charge < -0.3 is 25.1 Å². The van der Waals surface area contributed by atoms with Crippen molar-refractivity contribution in [1.82, 2.24) is 16.0 Å². The molecule has 3 amide bonds. The minimum absolute atomic E-state index is 0.266. The number of nitrogens with one attached hydrogen (secondary N) is 3. The summed E-state index contributed by atoms with van der Waals surface area (Å²) in [6, 6.07) is 31.4. The molecule has 4 rings (SSSR count). The van der Waals surface area contributed by atoms with E-state index in [2.05, 4.69) is 16.0 Å². The van der Waals surface area contributed by atoms with E-state index in [4.69, 9.17) is 9.15 Å². The lowest BCUT2D eigenvalue weighted by atomic mass is 9.77. The first kappa shape index (κ1) is 30.1. The lowest BCUT2D eigenvalue weighted by Gasteiger charge is -2.37. The molecule has 42 heavy (non-hydrogen) atoms. The Morgan fingerprint density at radius 1 is 0.762 bits per heavy atom. The van der Waals surface area contributed by atoms with Gasteiger partial charge in [-0.2, -0.15) is 0 Å². The van der Waals surface area contributed by atoms with Crippen LogP contribution in [0.2, 0.25) is 0 Å². The molecule has 8 heteroatoms. The summed E-state index contributed by atoms with van der Waals surface area (Å²) in [6.07, 6.45) is 0.915. The van der Waals surface area contributed by atoms with Gasteiger partial charge in [-0.15, -0.1) is 0 Å². The van der Waals surface area contributed by atoms with Crippen LogP contribution in [-0.4, -0.2) is 36.1 Å². The largest absolute Gasteiger partial charge is 0.469 e. The lowest BCUT2D eigenvalue weighted by molar-refractivity contribution is -0.129. The molecule has 0 bridgehead atoms. The molecule has 0 saturated heterocycles. The van der Waals surface area contributed by atoms with E-state index in [9.17, 15) is 14.4 Å². The summed E-state index contributed by atoms with van der Waals surface area (Å²) in [5, 5.41) is 8.64. The van der Waals surface area contributed by atoms with Crippen molar-refractivity contribution in [2.45, 2.75) is 50.8 Å². The Kier molecular flexibility index (Phi) is 9.81. The van der Waals surface area contributed by atoms with E-state index in [0.717, 1.165) is 16.7 Å². The van der Waals surface area contributed by atoms with Gasteiger partial charge in [0.25, 0.3) is 0 Å². The number of rotatable bonds is 11. The Morgan fingerprint density at radius 3 is 1.74 bits per heavy atom. The molecule has 0 aliphatic rings. The summed E-state index contributed by atoms with van der Waals surface area (Å²) < 4.78 is 10.7. The molecule has 1 atom stereocenters. The van der Waals surface area contributed by atoms with E-state index >= 15 is 0 Å². The summed E-state index contributed by atoms with van der Waals surface area (Å²) in [6.45, 7) is 5.45. The third-order valence-electron chi connectivity index (χ3n) is 6.60. The Morgan fingerprint density at radius 2 is 1.29 bits per heavy atom. The van der Waals surface area contributed by atoms with Crippen LogP contribution >= 0.6 is 0 Å². The van der Waals surface area contributed by atoms with Crippen LogP contribution in [0.1, 0.15) is 49.6 Å². The maximum Gasteiger partial charge on any atom is 0.408 e. The number of alkyl carbamates (subject to hydrolysis) is 1. The van der Waals surface area contributed by atoms with Crippen LogP contribution in [0.25, 0.3) is 0 Å².